The second kappa shape index (κ2) is 6.81. The van der Waals surface area contributed by atoms with Crippen LogP contribution in [0.5, 0.6) is 0 Å². The van der Waals surface area contributed by atoms with Crippen LogP contribution in [0.4, 0.5) is 11.4 Å². The van der Waals surface area contributed by atoms with Crippen molar-refractivity contribution in [3.05, 3.63) is 74.8 Å². The highest BCUT2D eigenvalue weighted by Crippen LogP contribution is 2.27. The first-order valence-corrected chi connectivity index (χ1v) is 6.83. The Labute approximate surface area is 129 Å². The molecule has 1 N–H and O–H groups in total. The molecule has 0 bridgehead atoms. The van der Waals surface area contributed by atoms with E-state index in [2.05, 4.69) is 21.2 Å². The van der Waals surface area contributed by atoms with Gasteiger partial charge in [0.05, 0.1) is 10.6 Å². The molecule has 106 valence electrons. The predicted octanol–water partition coefficient (Wildman–Crippen LogP) is 4.01. The molecule has 0 saturated carbocycles. The first kappa shape index (κ1) is 14.9. The van der Waals surface area contributed by atoms with Gasteiger partial charge in [0, 0.05) is 22.7 Å². The van der Waals surface area contributed by atoms with Gasteiger partial charge in [-0.2, -0.15) is 0 Å². The molecule has 5 nitrogen and oxygen atoms in total. The predicted molar refractivity (Wildman–Crippen MR) is 84.9 cm³/mol. The number of rotatable bonds is 4. The standard InChI is InChI=1S/C15H11BrN2O3/c16-13-8-7-12(18(20)21)10-14(13)17-15(19)9-6-11-4-2-1-3-5-11/h1-10H,(H,17,19)/b9-6+. The quantitative estimate of drug-likeness (QED) is 0.516. The number of carbonyl (C=O) groups is 1. The number of non-ortho nitro benzene ring substituents is 1. The fourth-order valence-electron chi connectivity index (χ4n) is 1.63. The first-order chi connectivity index (χ1) is 10.1. The summed E-state index contributed by atoms with van der Waals surface area (Å²) in [5.74, 6) is -0.361. The number of nitro groups is 1. The Bertz CT molecular complexity index is 699. The van der Waals surface area contributed by atoms with Crippen LogP contribution in [0.15, 0.2) is 59.1 Å². The molecule has 0 spiro atoms. The number of nitrogens with one attached hydrogen (secondary N) is 1. The molecule has 2 rings (SSSR count). The average molecular weight is 347 g/mol. The summed E-state index contributed by atoms with van der Waals surface area (Å²) >= 11 is 3.24. The lowest BCUT2D eigenvalue weighted by Gasteiger charge is -2.04. The third-order valence-electron chi connectivity index (χ3n) is 2.65. The van der Waals surface area contributed by atoms with Crippen molar-refractivity contribution in [1.29, 1.82) is 0 Å². The summed E-state index contributed by atoms with van der Waals surface area (Å²) in [6, 6.07) is 13.5. The van der Waals surface area contributed by atoms with Crippen LogP contribution in [-0.2, 0) is 4.79 Å². The lowest BCUT2D eigenvalue weighted by Crippen LogP contribution is -2.08. The summed E-state index contributed by atoms with van der Waals surface area (Å²) in [5.41, 5.74) is 1.17. The normalized spacial score (nSPS) is 10.5. The smallest absolute Gasteiger partial charge is 0.271 e. The zero-order valence-corrected chi connectivity index (χ0v) is 12.4. The van der Waals surface area contributed by atoms with Gasteiger partial charge < -0.3 is 5.32 Å². The van der Waals surface area contributed by atoms with Gasteiger partial charge in [-0.15, -0.1) is 0 Å². The lowest BCUT2D eigenvalue weighted by atomic mass is 10.2. The average Bonchev–Trinajstić information content (AvgIpc) is 2.48. The van der Waals surface area contributed by atoms with Gasteiger partial charge >= 0.3 is 0 Å². The van der Waals surface area contributed by atoms with Crippen LogP contribution in [-0.4, -0.2) is 10.8 Å². The second-order valence-electron chi connectivity index (χ2n) is 4.15. The zero-order valence-electron chi connectivity index (χ0n) is 10.8. The molecular weight excluding hydrogens is 336 g/mol. The fraction of sp³-hybridized carbons (Fsp3) is 0. The highest BCUT2D eigenvalue weighted by Gasteiger charge is 2.10. The number of hydrogen-bond donors (Lipinski definition) is 1. The monoisotopic (exact) mass is 346 g/mol. The molecule has 0 aliphatic heterocycles. The number of nitro benzene ring substituents is 1. The van der Waals surface area contributed by atoms with E-state index in [4.69, 9.17) is 0 Å². The Balaban J connectivity index is 2.11. The fourth-order valence-corrected chi connectivity index (χ4v) is 1.98. The van der Waals surface area contributed by atoms with E-state index in [-0.39, 0.29) is 11.6 Å². The Kier molecular flexibility index (Phi) is 4.84. The molecule has 0 aliphatic carbocycles. The maximum Gasteiger partial charge on any atom is 0.271 e. The molecule has 0 saturated heterocycles. The zero-order chi connectivity index (χ0) is 15.2. The topological polar surface area (TPSA) is 72.2 Å². The van der Waals surface area contributed by atoms with Crippen molar-refractivity contribution in [2.24, 2.45) is 0 Å². The van der Waals surface area contributed by atoms with Crippen LogP contribution in [0.3, 0.4) is 0 Å². The molecule has 1 amide bonds. The molecule has 0 radical (unpaired) electrons. The van der Waals surface area contributed by atoms with Crippen LogP contribution in [0.25, 0.3) is 6.08 Å². The molecule has 0 aliphatic rings. The van der Waals surface area contributed by atoms with Gasteiger partial charge in [0.1, 0.15) is 0 Å². The second-order valence-corrected chi connectivity index (χ2v) is 5.01. The van der Waals surface area contributed by atoms with Crippen molar-refractivity contribution in [3.8, 4) is 0 Å². The highest BCUT2D eigenvalue weighted by molar-refractivity contribution is 9.10. The molecule has 0 unspecified atom stereocenters. The molecule has 6 heteroatoms. The van der Waals surface area contributed by atoms with Crippen molar-refractivity contribution < 1.29 is 9.72 Å². The summed E-state index contributed by atoms with van der Waals surface area (Å²) in [4.78, 5) is 22.0. The molecule has 0 heterocycles. The lowest BCUT2D eigenvalue weighted by molar-refractivity contribution is -0.384. The summed E-state index contributed by atoms with van der Waals surface area (Å²) in [7, 11) is 0. The Morgan fingerprint density at radius 1 is 1.19 bits per heavy atom. The Morgan fingerprint density at radius 2 is 1.90 bits per heavy atom. The van der Waals surface area contributed by atoms with Gasteiger partial charge in [0.2, 0.25) is 5.91 Å². The third kappa shape index (κ3) is 4.25. The van der Waals surface area contributed by atoms with Crippen LogP contribution in [0, 0.1) is 10.1 Å². The van der Waals surface area contributed by atoms with Crippen molar-refractivity contribution in [3.63, 3.8) is 0 Å². The van der Waals surface area contributed by atoms with E-state index >= 15 is 0 Å². The van der Waals surface area contributed by atoms with E-state index < -0.39 is 4.92 Å². The van der Waals surface area contributed by atoms with E-state index in [1.54, 1.807) is 6.08 Å². The summed E-state index contributed by atoms with van der Waals surface area (Å²) < 4.78 is 0.578. The SMILES string of the molecule is O=C(/C=C/c1ccccc1)Nc1cc([N+](=O)[O-])ccc1Br. The minimum absolute atomic E-state index is 0.0828. The first-order valence-electron chi connectivity index (χ1n) is 6.04. The maximum absolute atomic E-state index is 11.8. The number of nitrogens with zero attached hydrogens (tertiary/aromatic N) is 1. The molecule has 0 atom stereocenters. The third-order valence-corrected chi connectivity index (χ3v) is 3.34. The number of benzene rings is 2. The van der Waals surface area contributed by atoms with Crippen LogP contribution < -0.4 is 5.32 Å². The molecule has 0 fully saturated rings. The number of anilines is 1. The number of carbonyl (C=O) groups excluding carboxylic acids is 1. The maximum atomic E-state index is 11.8. The number of halogens is 1. The molecule has 21 heavy (non-hydrogen) atoms. The summed E-state index contributed by atoms with van der Waals surface area (Å²) in [6.07, 6.45) is 3.04. The van der Waals surface area contributed by atoms with E-state index in [9.17, 15) is 14.9 Å². The van der Waals surface area contributed by atoms with Crippen molar-refractivity contribution in [2.75, 3.05) is 5.32 Å². The summed E-state index contributed by atoms with van der Waals surface area (Å²) in [6.45, 7) is 0. The van der Waals surface area contributed by atoms with Crippen molar-refractivity contribution >= 4 is 39.3 Å². The van der Waals surface area contributed by atoms with Gasteiger partial charge in [0.15, 0.2) is 0 Å². The van der Waals surface area contributed by atoms with Crippen LogP contribution >= 0.6 is 15.9 Å². The van der Waals surface area contributed by atoms with Crippen molar-refractivity contribution in [1.82, 2.24) is 0 Å². The van der Waals surface area contributed by atoms with Gasteiger partial charge in [-0.3, -0.25) is 14.9 Å². The van der Waals surface area contributed by atoms with Crippen LogP contribution in [0.2, 0.25) is 0 Å². The molecule has 2 aromatic rings. The summed E-state index contributed by atoms with van der Waals surface area (Å²) in [5, 5.41) is 13.3. The van der Waals surface area contributed by atoms with Crippen LogP contribution in [0.1, 0.15) is 5.56 Å². The minimum atomic E-state index is -0.512. The highest BCUT2D eigenvalue weighted by atomic mass is 79.9. The number of hydrogen-bond acceptors (Lipinski definition) is 3. The molecule has 2 aromatic carbocycles. The van der Waals surface area contributed by atoms with E-state index in [0.29, 0.717) is 10.2 Å². The Morgan fingerprint density at radius 3 is 2.57 bits per heavy atom. The molecular formula is C15H11BrN2O3. The van der Waals surface area contributed by atoms with E-state index in [1.807, 2.05) is 30.3 Å². The van der Waals surface area contributed by atoms with Gasteiger partial charge in [-0.1, -0.05) is 30.3 Å². The van der Waals surface area contributed by atoms with Crippen molar-refractivity contribution in [2.45, 2.75) is 0 Å². The van der Waals surface area contributed by atoms with Gasteiger partial charge in [-0.25, -0.2) is 0 Å². The van der Waals surface area contributed by atoms with Gasteiger partial charge in [0.25, 0.3) is 5.69 Å². The largest absolute Gasteiger partial charge is 0.321 e. The van der Waals surface area contributed by atoms with Gasteiger partial charge in [-0.05, 0) is 33.6 Å². The Hall–Kier alpha value is -2.47. The minimum Gasteiger partial charge on any atom is -0.321 e. The van der Waals surface area contributed by atoms with E-state index in [0.717, 1.165) is 5.56 Å². The van der Waals surface area contributed by atoms with E-state index in [1.165, 1.54) is 24.3 Å². The number of amides is 1. The molecule has 0 aromatic heterocycles.